The molecule has 1 aliphatic carbocycles. The summed E-state index contributed by atoms with van der Waals surface area (Å²) < 4.78 is 10.7. The molecule has 2 heterocycles. The summed E-state index contributed by atoms with van der Waals surface area (Å²) in [6, 6.07) is 3.66. The van der Waals surface area contributed by atoms with Gasteiger partial charge in [0.2, 0.25) is 11.7 Å². The Kier molecular flexibility index (Phi) is 5.01. The maximum Gasteiger partial charge on any atom is 0.225 e. The molecule has 1 aliphatic heterocycles. The van der Waals surface area contributed by atoms with E-state index in [0.29, 0.717) is 23.8 Å². The van der Waals surface area contributed by atoms with Crippen LogP contribution in [0.1, 0.15) is 61.1 Å². The highest BCUT2D eigenvalue weighted by molar-refractivity contribution is 7.16. The number of phenols is 1. The van der Waals surface area contributed by atoms with Gasteiger partial charge in [0, 0.05) is 17.2 Å². The molecule has 5 nitrogen and oxygen atoms in total. The second kappa shape index (κ2) is 7.24. The molecule has 2 aliphatic rings. The van der Waals surface area contributed by atoms with Crippen molar-refractivity contribution in [2.75, 3.05) is 19.5 Å². The van der Waals surface area contributed by atoms with Gasteiger partial charge in [0.25, 0.3) is 0 Å². The first-order valence-electron chi connectivity index (χ1n) is 10.1. The number of benzene rings is 1. The van der Waals surface area contributed by atoms with Crippen LogP contribution in [-0.2, 0) is 17.6 Å². The molecule has 1 aromatic heterocycles. The number of rotatable bonds is 3. The summed E-state index contributed by atoms with van der Waals surface area (Å²) in [4.78, 5) is 13.9. The normalized spacial score (nSPS) is 21.2. The molecular weight excluding hydrogens is 386 g/mol. The number of fused-ring (bicyclic) bond motifs is 3. The molecule has 0 saturated heterocycles. The minimum atomic E-state index is -0.0617. The summed E-state index contributed by atoms with van der Waals surface area (Å²) >= 11 is 1.74. The lowest BCUT2D eigenvalue weighted by atomic mass is 9.71. The monoisotopic (exact) mass is 415 g/mol. The number of amides is 1. The Labute approximate surface area is 176 Å². The molecular formula is C23H29NO4S. The van der Waals surface area contributed by atoms with E-state index in [-0.39, 0.29) is 23.0 Å². The number of carbonyl (C=O) groups is 1. The number of anilines is 1. The van der Waals surface area contributed by atoms with Crippen molar-refractivity contribution in [3.8, 4) is 17.2 Å². The lowest BCUT2D eigenvalue weighted by molar-refractivity contribution is -0.116. The van der Waals surface area contributed by atoms with E-state index in [1.807, 2.05) is 12.1 Å². The van der Waals surface area contributed by atoms with Crippen LogP contribution in [0.2, 0.25) is 0 Å². The zero-order valence-electron chi connectivity index (χ0n) is 17.7. The first-order valence-corrected chi connectivity index (χ1v) is 10.9. The Morgan fingerprint density at radius 3 is 2.38 bits per heavy atom. The van der Waals surface area contributed by atoms with Crippen LogP contribution in [-0.4, -0.2) is 25.2 Å². The maximum absolute atomic E-state index is 12.5. The molecule has 4 rings (SSSR count). The molecule has 2 aromatic rings. The third-order valence-corrected chi connectivity index (χ3v) is 7.61. The van der Waals surface area contributed by atoms with E-state index in [0.717, 1.165) is 23.4 Å². The van der Waals surface area contributed by atoms with Gasteiger partial charge in [-0.05, 0) is 59.4 Å². The second-order valence-electron chi connectivity index (χ2n) is 9.13. The smallest absolute Gasteiger partial charge is 0.225 e. The fraction of sp³-hybridized carbons (Fsp3) is 0.522. The topological polar surface area (TPSA) is 67.8 Å². The largest absolute Gasteiger partial charge is 0.502 e. The Balaban J connectivity index is 1.80. The number of phenolic OH excluding ortho intramolecular Hbond substituents is 1. The van der Waals surface area contributed by atoms with Crippen molar-refractivity contribution in [3.63, 3.8) is 0 Å². The Bertz CT molecular complexity index is 932. The van der Waals surface area contributed by atoms with Crippen LogP contribution in [0.3, 0.4) is 0 Å². The first-order chi connectivity index (χ1) is 13.7. The van der Waals surface area contributed by atoms with E-state index in [1.54, 1.807) is 11.3 Å². The van der Waals surface area contributed by atoms with Gasteiger partial charge < -0.3 is 19.9 Å². The van der Waals surface area contributed by atoms with Crippen molar-refractivity contribution in [1.29, 1.82) is 0 Å². The lowest BCUT2D eigenvalue weighted by Gasteiger charge is -2.34. The van der Waals surface area contributed by atoms with Crippen LogP contribution in [0, 0.1) is 11.3 Å². The summed E-state index contributed by atoms with van der Waals surface area (Å²) in [5.74, 6) is 1.33. The SMILES string of the molecule is COc1cc([C@@H]2CC(=O)Nc3sc4c(c32)CC[C@@H](C(C)(C)C)C4)cc(OC)c1O. The number of hydrogen-bond acceptors (Lipinski definition) is 5. The van der Waals surface area contributed by atoms with E-state index in [4.69, 9.17) is 9.47 Å². The van der Waals surface area contributed by atoms with Crippen LogP contribution >= 0.6 is 11.3 Å². The first kappa shape index (κ1) is 20.1. The molecule has 1 amide bonds. The summed E-state index contributed by atoms with van der Waals surface area (Å²) in [6.45, 7) is 6.95. The summed E-state index contributed by atoms with van der Waals surface area (Å²) in [6.07, 6.45) is 3.67. The number of hydrogen-bond donors (Lipinski definition) is 2. The molecule has 2 N–H and O–H groups in total. The highest BCUT2D eigenvalue weighted by atomic mass is 32.1. The van der Waals surface area contributed by atoms with Crippen LogP contribution in [0.25, 0.3) is 0 Å². The zero-order chi connectivity index (χ0) is 20.9. The van der Waals surface area contributed by atoms with Crippen molar-refractivity contribution >= 4 is 22.2 Å². The van der Waals surface area contributed by atoms with Crippen molar-refractivity contribution in [1.82, 2.24) is 0 Å². The van der Waals surface area contributed by atoms with E-state index >= 15 is 0 Å². The number of methoxy groups -OCH3 is 2. The van der Waals surface area contributed by atoms with Gasteiger partial charge in [-0.1, -0.05) is 20.8 Å². The van der Waals surface area contributed by atoms with Gasteiger partial charge in [-0.15, -0.1) is 11.3 Å². The standard InChI is InChI=1S/C23H29NO4S/c1-23(2,3)13-6-7-14-18(10-13)29-22-20(14)15(11-19(25)24-22)12-8-16(27-4)21(26)17(9-12)28-5/h8-9,13,15,26H,6-7,10-11H2,1-5H3,(H,24,25)/t13-,15+/m1/s1. The van der Waals surface area contributed by atoms with Crippen LogP contribution in [0.15, 0.2) is 12.1 Å². The van der Waals surface area contributed by atoms with E-state index in [2.05, 4.69) is 26.1 Å². The molecule has 6 heteroatoms. The van der Waals surface area contributed by atoms with Crippen LogP contribution in [0.5, 0.6) is 17.2 Å². The molecule has 0 bridgehead atoms. The third kappa shape index (κ3) is 3.48. The van der Waals surface area contributed by atoms with Crippen LogP contribution in [0.4, 0.5) is 5.00 Å². The third-order valence-electron chi connectivity index (χ3n) is 6.43. The maximum atomic E-state index is 12.5. The van der Waals surface area contributed by atoms with Gasteiger partial charge in [0.05, 0.1) is 19.2 Å². The van der Waals surface area contributed by atoms with Gasteiger partial charge in [0.1, 0.15) is 0 Å². The van der Waals surface area contributed by atoms with Crippen molar-refractivity contribution in [2.24, 2.45) is 11.3 Å². The number of ether oxygens (including phenoxy) is 2. The van der Waals surface area contributed by atoms with Crippen molar-refractivity contribution in [3.05, 3.63) is 33.7 Å². The number of carbonyl (C=O) groups excluding carboxylic acids is 1. The average molecular weight is 416 g/mol. The Hall–Kier alpha value is -2.21. The summed E-state index contributed by atoms with van der Waals surface area (Å²) in [7, 11) is 3.05. The number of nitrogens with one attached hydrogen (secondary N) is 1. The lowest BCUT2D eigenvalue weighted by Crippen LogP contribution is -2.27. The minimum absolute atomic E-state index is 0.0143. The van der Waals surface area contributed by atoms with Gasteiger partial charge in [0.15, 0.2) is 11.5 Å². The summed E-state index contributed by atoms with van der Waals surface area (Å²) in [5.41, 5.74) is 3.86. The highest BCUT2D eigenvalue weighted by Crippen LogP contribution is 2.51. The molecule has 0 saturated carbocycles. The van der Waals surface area contributed by atoms with E-state index in [9.17, 15) is 9.90 Å². The predicted molar refractivity (Wildman–Crippen MR) is 116 cm³/mol. The molecule has 2 atom stereocenters. The fourth-order valence-electron chi connectivity index (χ4n) is 4.68. The Morgan fingerprint density at radius 1 is 1.14 bits per heavy atom. The van der Waals surface area contributed by atoms with Gasteiger partial charge in [-0.3, -0.25) is 4.79 Å². The van der Waals surface area contributed by atoms with Crippen molar-refractivity contribution in [2.45, 2.75) is 52.4 Å². The van der Waals surface area contributed by atoms with E-state index < -0.39 is 0 Å². The molecule has 0 fully saturated rings. The molecule has 0 spiro atoms. The number of thiophene rings is 1. The van der Waals surface area contributed by atoms with Crippen molar-refractivity contribution < 1.29 is 19.4 Å². The quantitative estimate of drug-likeness (QED) is 0.732. The molecule has 29 heavy (non-hydrogen) atoms. The molecule has 156 valence electrons. The van der Waals surface area contributed by atoms with Gasteiger partial charge in [-0.2, -0.15) is 0 Å². The zero-order valence-corrected chi connectivity index (χ0v) is 18.5. The minimum Gasteiger partial charge on any atom is -0.502 e. The predicted octanol–water partition coefficient (Wildman–Crippen LogP) is 5.10. The highest BCUT2D eigenvalue weighted by Gasteiger charge is 2.37. The van der Waals surface area contributed by atoms with E-state index in [1.165, 1.54) is 36.6 Å². The van der Waals surface area contributed by atoms with Gasteiger partial charge in [-0.25, -0.2) is 0 Å². The van der Waals surface area contributed by atoms with Gasteiger partial charge >= 0.3 is 0 Å². The second-order valence-corrected chi connectivity index (χ2v) is 10.2. The molecule has 1 aromatic carbocycles. The molecule has 0 radical (unpaired) electrons. The fourth-order valence-corrected chi connectivity index (χ4v) is 6.08. The Morgan fingerprint density at radius 2 is 1.79 bits per heavy atom. The number of aromatic hydroxyl groups is 1. The molecule has 0 unspecified atom stereocenters. The van der Waals surface area contributed by atoms with Crippen LogP contribution < -0.4 is 14.8 Å². The summed E-state index contributed by atoms with van der Waals surface area (Å²) in [5, 5.41) is 14.4. The average Bonchev–Trinajstić information content (AvgIpc) is 3.04.